The van der Waals surface area contributed by atoms with E-state index in [1.807, 2.05) is 0 Å². The Labute approximate surface area is 86.9 Å². The molecule has 2 amide bonds. The molecule has 5 nitrogen and oxygen atoms in total. The van der Waals surface area contributed by atoms with Crippen LogP contribution in [0.2, 0.25) is 0 Å². The third kappa shape index (κ3) is 2.59. The maximum absolute atomic E-state index is 11.3. The summed E-state index contributed by atoms with van der Waals surface area (Å²) in [5.41, 5.74) is 4.43. The zero-order chi connectivity index (χ0) is 10.8. The van der Waals surface area contributed by atoms with Gasteiger partial charge in [0.15, 0.2) is 0 Å². The van der Waals surface area contributed by atoms with Gasteiger partial charge in [-0.25, -0.2) is 0 Å². The molecule has 1 fully saturated rings. The van der Waals surface area contributed by atoms with Crippen molar-refractivity contribution < 1.29 is 14.3 Å². The van der Waals surface area contributed by atoms with E-state index < -0.39 is 16.8 Å². The van der Waals surface area contributed by atoms with E-state index in [1.54, 1.807) is 6.92 Å². The smallest absolute Gasteiger partial charge is 0.238 e. The molecule has 1 aliphatic rings. The van der Waals surface area contributed by atoms with Gasteiger partial charge in [-0.15, -0.1) is 11.6 Å². The molecule has 0 radical (unpaired) electrons. The largest absolute Gasteiger partial charge is 0.376 e. The van der Waals surface area contributed by atoms with E-state index in [1.165, 1.54) is 0 Å². The van der Waals surface area contributed by atoms with Crippen LogP contribution in [0, 0.1) is 0 Å². The summed E-state index contributed by atoms with van der Waals surface area (Å²) in [5, 5.41) is 2.04. The van der Waals surface area contributed by atoms with Crippen molar-refractivity contribution in [1.82, 2.24) is 5.32 Å². The van der Waals surface area contributed by atoms with Crippen LogP contribution in [0.1, 0.15) is 13.3 Å². The monoisotopic (exact) mass is 220 g/mol. The first-order valence-electron chi connectivity index (χ1n) is 4.27. The van der Waals surface area contributed by atoms with Crippen molar-refractivity contribution in [3.05, 3.63) is 0 Å². The van der Waals surface area contributed by atoms with Gasteiger partial charge in [0.05, 0.1) is 25.2 Å². The van der Waals surface area contributed by atoms with E-state index in [4.69, 9.17) is 22.1 Å². The Morgan fingerprint density at radius 3 is 2.50 bits per heavy atom. The topological polar surface area (TPSA) is 81.4 Å². The number of hydrogen-bond donors (Lipinski definition) is 2. The standard InChI is InChI=1S/C8H13ClN2O3/c1-5(9)7(13)11-8(2-6(10)12)3-14-4-8/h5H,2-4H2,1H3,(H2,10,12)(H,11,13). The van der Waals surface area contributed by atoms with Crippen LogP contribution in [0.3, 0.4) is 0 Å². The number of hydrogen-bond acceptors (Lipinski definition) is 3. The predicted octanol–water partition coefficient (Wildman–Crippen LogP) is -0.626. The Balaban J connectivity index is 2.53. The fourth-order valence-corrected chi connectivity index (χ4v) is 1.32. The first-order valence-corrected chi connectivity index (χ1v) is 4.71. The number of alkyl halides is 1. The van der Waals surface area contributed by atoms with Gasteiger partial charge in [-0.05, 0) is 6.92 Å². The molecule has 1 saturated heterocycles. The highest BCUT2D eigenvalue weighted by molar-refractivity contribution is 6.30. The number of carbonyl (C=O) groups excluding carboxylic acids is 2. The Kier molecular flexibility index (Phi) is 3.34. The third-order valence-electron chi connectivity index (χ3n) is 2.02. The third-order valence-corrected chi connectivity index (χ3v) is 2.22. The van der Waals surface area contributed by atoms with Crippen LogP contribution in [0.25, 0.3) is 0 Å². The highest BCUT2D eigenvalue weighted by Gasteiger charge is 2.41. The second-order valence-electron chi connectivity index (χ2n) is 3.52. The van der Waals surface area contributed by atoms with Gasteiger partial charge in [0.2, 0.25) is 11.8 Å². The highest BCUT2D eigenvalue weighted by atomic mass is 35.5. The minimum atomic E-state index is -0.633. The molecule has 0 aliphatic carbocycles. The maximum atomic E-state index is 11.3. The van der Waals surface area contributed by atoms with Crippen LogP contribution in [0.4, 0.5) is 0 Å². The van der Waals surface area contributed by atoms with Crippen LogP contribution in [0.5, 0.6) is 0 Å². The lowest BCUT2D eigenvalue weighted by atomic mass is 9.92. The second kappa shape index (κ2) is 4.14. The Morgan fingerprint density at radius 1 is 1.64 bits per heavy atom. The summed E-state index contributed by atoms with van der Waals surface area (Å²) in [6.07, 6.45) is 0.0857. The Bertz CT molecular complexity index is 251. The van der Waals surface area contributed by atoms with Crippen molar-refractivity contribution in [2.45, 2.75) is 24.3 Å². The molecule has 1 unspecified atom stereocenters. The molecule has 0 bridgehead atoms. The zero-order valence-corrected chi connectivity index (χ0v) is 8.63. The summed E-state index contributed by atoms with van der Waals surface area (Å²) in [6, 6.07) is 0. The van der Waals surface area contributed by atoms with E-state index in [-0.39, 0.29) is 12.3 Å². The minimum absolute atomic E-state index is 0.0857. The van der Waals surface area contributed by atoms with Gasteiger partial charge >= 0.3 is 0 Å². The van der Waals surface area contributed by atoms with Gasteiger partial charge in [-0.1, -0.05) is 0 Å². The molecule has 1 atom stereocenters. The minimum Gasteiger partial charge on any atom is -0.376 e. The number of nitrogens with one attached hydrogen (secondary N) is 1. The Morgan fingerprint density at radius 2 is 2.21 bits per heavy atom. The van der Waals surface area contributed by atoms with Crippen molar-refractivity contribution in [2.75, 3.05) is 13.2 Å². The van der Waals surface area contributed by atoms with Crippen LogP contribution in [0.15, 0.2) is 0 Å². The van der Waals surface area contributed by atoms with E-state index in [2.05, 4.69) is 5.32 Å². The van der Waals surface area contributed by atoms with E-state index in [0.29, 0.717) is 13.2 Å². The second-order valence-corrected chi connectivity index (χ2v) is 4.18. The molecule has 0 aromatic rings. The summed E-state index contributed by atoms with van der Waals surface area (Å²) in [6.45, 7) is 2.19. The lowest BCUT2D eigenvalue weighted by Crippen LogP contribution is -2.64. The number of primary amides is 1. The molecule has 0 aromatic carbocycles. The normalized spacial score (nSPS) is 20.7. The lowest BCUT2D eigenvalue weighted by Gasteiger charge is -2.41. The van der Waals surface area contributed by atoms with E-state index in [9.17, 15) is 9.59 Å². The van der Waals surface area contributed by atoms with Crippen LogP contribution in [-0.4, -0.2) is 35.9 Å². The molecule has 1 heterocycles. The first kappa shape index (κ1) is 11.3. The maximum Gasteiger partial charge on any atom is 0.238 e. The van der Waals surface area contributed by atoms with Gasteiger partial charge in [0.1, 0.15) is 5.38 Å². The number of nitrogens with two attached hydrogens (primary N) is 1. The van der Waals surface area contributed by atoms with E-state index in [0.717, 1.165) is 0 Å². The number of halogens is 1. The zero-order valence-electron chi connectivity index (χ0n) is 7.88. The summed E-state index contributed by atoms with van der Waals surface area (Å²) < 4.78 is 4.95. The summed E-state index contributed by atoms with van der Waals surface area (Å²) in [4.78, 5) is 22.0. The fourth-order valence-electron chi connectivity index (χ4n) is 1.26. The number of rotatable bonds is 4. The number of amides is 2. The molecule has 80 valence electrons. The summed E-state index contributed by atoms with van der Waals surface area (Å²) in [5.74, 6) is -0.771. The molecule has 6 heteroatoms. The van der Waals surface area contributed by atoms with Gasteiger partial charge in [0, 0.05) is 0 Å². The summed E-state index contributed by atoms with van der Waals surface area (Å²) >= 11 is 5.58. The van der Waals surface area contributed by atoms with Crippen LogP contribution in [-0.2, 0) is 14.3 Å². The van der Waals surface area contributed by atoms with Crippen molar-refractivity contribution in [2.24, 2.45) is 5.73 Å². The molecular weight excluding hydrogens is 208 g/mol. The average molecular weight is 221 g/mol. The molecule has 1 rings (SSSR count). The number of carbonyl (C=O) groups is 2. The highest BCUT2D eigenvalue weighted by Crippen LogP contribution is 2.21. The van der Waals surface area contributed by atoms with Gasteiger partial charge < -0.3 is 15.8 Å². The average Bonchev–Trinajstić information content (AvgIpc) is 1.99. The molecule has 0 spiro atoms. The van der Waals surface area contributed by atoms with Gasteiger partial charge in [-0.3, -0.25) is 9.59 Å². The predicted molar refractivity (Wildman–Crippen MR) is 50.8 cm³/mol. The van der Waals surface area contributed by atoms with E-state index >= 15 is 0 Å². The molecular formula is C8H13ClN2O3. The first-order chi connectivity index (χ1) is 6.45. The molecule has 14 heavy (non-hydrogen) atoms. The van der Waals surface area contributed by atoms with Crippen molar-refractivity contribution in [3.8, 4) is 0 Å². The van der Waals surface area contributed by atoms with Crippen LogP contribution < -0.4 is 11.1 Å². The number of ether oxygens (including phenoxy) is 1. The van der Waals surface area contributed by atoms with Crippen molar-refractivity contribution >= 4 is 23.4 Å². The molecule has 3 N–H and O–H groups in total. The Hall–Kier alpha value is -0.810. The van der Waals surface area contributed by atoms with Crippen molar-refractivity contribution in [1.29, 1.82) is 0 Å². The SMILES string of the molecule is CC(Cl)C(=O)NC1(CC(N)=O)COC1. The van der Waals surface area contributed by atoms with Crippen LogP contribution >= 0.6 is 11.6 Å². The molecule has 0 saturated carbocycles. The van der Waals surface area contributed by atoms with Crippen molar-refractivity contribution in [3.63, 3.8) is 0 Å². The van der Waals surface area contributed by atoms with Gasteiger partial charge in [0.25, 0.3) is 0 Å². The fraction of sp³-hybridized carbons (Fsp3) is 0.750. The molecule has 1 aliphatic heterocycles. The quantitative estimate of drug-likeness (QED) is 0.620. The summed E-state index contributed by atoms with van der Waals surface area (Å²) in [7, 11) is 0. The molecule has 0 aromatic heterocycles. The lowest BCUT2D eigenvalue weighted by molar-refractivity contribution is -0.138. The van der Waals surface area contributed by atoms with Gasteiger partial charge in [-0.2, -0.15) is 0 Å².